The first-order chi connectivity index (χ1) is 15.3. The molecule has 10 nitrogen and oxygen atoms in total. The van der Waals surface area contributed by atoms with Crippen LogP contribution in [0.3, 0.4) is 0 Å². The predicted molar refractivity (Wildman–Crippen MR) is 118 cm³/mol. The van der Waals surface area contributed by atoms with Crippen molar-refractivity contribution >= 4 is 58.3 Å². The number of nitrogens with zero attached hydrogens (tertiary/aromatic N) is 2. The van der Waals surface area contributed by atoms with Crippen LogP contribution < -0.4 is 20.4 Å². The van der Waals surface area contributed by atoms with Gasteiger partial charge in [0.05, 0.1) is 22.3 Å². The predicted octanol–water partition coefficient (Wildman–Crippen LogP) is 2.53. The van der Waals surface area contributed by atoms with Crippen LogP contribution in [0.4, 0.5) is 21.0 Å². The van der Waals surface area contributed by atoms with Crippen molar-refractivity contribution in [1.29, 1.82) is 0 Å². The molecule has 0 spiro atoms. The van der Waals surface area contributed by atoms with Crippen LogP contribution in [-0.2, 0) is 9.53 Å². The third kappa shape index (κ3) is 4.63. The van der Waals surface area contributed by atoms with Crippen molar-refractivity contribution in [2.75, 3.05) is 29.4 Å². The quantitative estimate of drug-likeness (QED) is 0.585. The number of benzene rings is 1. The normalized spacial score (nSPS) is 20.4. The Morgan fingerprint density at radius 2 is 1.81 bits per heavy atom. The maximum absolute atomic E-state index is 12.4. The lowest BCUT2D eigenvalue weighted by Crippen LogP contribution is -2.40. The lowest BCUT2D eigenvalue weighted by atomic mass is 10.2. The van der Waals surface area contributed by atoms with E-state index >= 15 is 0 Å². The van der Waals surface area contributed by atoms with Crippen molar-refractivity contribution in [3.8, 4) is 0 Å². The number of rotatable bonds is 6. The minimum atomic E-state index is -1.24. The number of cyclic esters (lactones) is 1. The summed E-state index contributed by atoms with van der Waals surface area (Å²) in [6, 6.07) is 9.27. The minimum absolute atomic E-state index is 0.162. The largest absolute Gasteiger partial charge is 0.465 e. The van der Waals surface area contributed by atoms with Crippen molar-refractivity contribution < 1.29 is 29.0 Å². The Hall–Kier alpha value is -3.31. The molecule has 3 N–H and O–H groups in total. The smallest absolute Gasteiger partial charge is 0.414 e. The van der Waals surface area contributed by atoms with Gasteiger partial charge in [-0.15, -0.1) is 11.3 Å². The summed E-state index contributed by atoms with van der Waals surface area (Å²) in [5, 5.41) is 13.8. The number of thiophene rings is 1. The highest BCUT2D eigenvalue weighted by Crippen LogP contribution is 2.27. The second kappa shape index (κ2) is 9.05. The standard InChI is InChI=1S/C20H19ClN4O6S/c21-16-6-5-15(32-16)17(26)22-9-13-10-25(20(30)31-13)12-3-1-11(2-4-12)24-8-7-14(18(24)27)23-19(28)29/h1-6,13-14,23H,7-10H2,(H,22,26)(H,28,29)/t13-,14?/m0/s1. The zero-order valence-electron chi connectivity index (χ0n) is 16.6. The molecule has 1 unspecified atom stereocenters. The summed E-state index contributed by atoms with van der Waals surface area (Å²) in [5.41, 5.74) is 1.20. The molecule has 0 saturated carbocycles. The maximum Gasteiger partial charge on any atom is 0.414 e. The van der Waals surface area contributed by atoms with Gasteiger partial charge in [-0.3, -0.25) is 14.5 Å². The summed E-state index contributed by atoms with van der Waals surface area (Å²) in [5.74, 6) is -0.602. The minimum Gasteiger partial charge on any atom is -0.465 e. The summed E-state index contributed by atoms with van der Waals surface area (Å²) >= 11 is 7.00. The summed E-state index contributed by atoms with van der Waals surface area (Å²) in [6.07, 6.45) is -1.89. The van der Waals surface area contributed by atoms with Gasteiger partial charge in [0.25, 0.3) is 5.91 Å². The van der Waals surface area contributed by atoms with E-state index in [2.05, 4.69) is 10.6 Å². The monoisotopic (exact) mass is 478 g/mol. The Morgan fingerprint density at radius 3 is 2.44 bits per heavy atom. The number of carboxylic acid groups (broad SMARTS) is 1. The van der Waals surface area contributed by atoms with Gasteiger partial charge in [-0.05, 0) is 42.8 Å². The number of nitrogens with one attached hydrogen (secondary N) is 2. The molecule has 4 rings (SSSR count). The first kappa shape index (κ1) is 21.9. The molecule has 2 aliphatic heterocycles. The molecule has 0 radical (unpaired) electrons. The molecule has 1 aromatic heterocycles. The number of carbonyl (C=O) groups excluding carboxylic acids is 3. The van der Waals surface area contributed by atoms with Gasteiger partial charge in [-0.1, -0.05) is 11.6 Å². The Morgan fingerprint density at radius 1 is 1.12 bits per heavy atom. The molecule has 2 fully saturated rings. The van der Waals surface area contributed by atoms with E-state index in [9.17, 15) is 19.2 Å². The molecule has 32 heavy (non-hydrogen) atoms. The second-order valence-corrected chi connectivity index (χ2v) is 8.94. The average molecular weight is 479 g/mol. The molecule has 168 valence electrons. The van der Waals surface area contributed by atoms with Gasteiger partial charge >= 0.3 is 12.2 Å². The molecular weight excluding hydrogens is 460 g/mol. The number of amides is 4. The third-order valence-corrected chi connectivity index (χ3v) is 6.37. The SMILES string of the molecule is O=C(O)NC1CCN(c2ccc(N3C[C@H](CNC(=O)c4ccc(Cl)s4)OC3=O)cc2)C1=O. The van der Waals surface area contributed by atoms with E-state index in [0.717, 1.165) is 0 Å². The molecule has 0 aliphatic carbocycles. The van der Waals surface area contributed by atoms with E-state index in [0.29, 0.717) is 33.6 Å². The van der Waals surface area contributed by atoms with Crippen LogP contribution in [0.25, 0.3) is 0 Å². The fourth-order valence-electron chi connectivity index (χ4n) is 3.60. The second-order valence-electron chi connectivity index (χ2n) is 7.23. The van der Waals surface area contributed by atoms with E-state index in [1.165, 1.54) is 21.1 Å². The van der Waals surface area contributed by atoms with Crippen molar-refractivity contribution in [1.82, 2.24) is 10.6 Å². The topological polar surface area (TPSA) is 128 Å². The van der Waals surface area contributed by atoms with Gasteiger partial charge in [0.1, 0.15) is 12.1 Å². The molecule has 12 heteroatoms. The number of ether oxygens (including phenoxy) is 1. The van der Waals surface area contributed by atoms with Gasteiger partial charge in [-0.25, -0.2) is 9.59 Å². The highest BCUT2D eigenvalue weighted by molar-refractivity contribution is 7.18. The van der Waals surface area contributed by atoms with Crippen LogP contribution in [0.15, 0.2) is 36.4 Å². The lowest BCUT2D eigenvalue weighted by molar-refractivity contribution is -0.118. The van der Waals surface area contributed by atoms with Crippen molar-refractivity contribution in [3.05, 3.63) is 45.6 Å². The number of halogens is 1. The Labute approximate surface area is 191 Å². The van der Waals surface area contributed by atoms with Crippen molar-refractivity contribution in [2.45, 2.75) is 18.6 Å². The molecule has 2 atom stereocenters. The summed E-state index contributed by atoms with van der Waals surface area (Å²) in [6.45, 7) is 0.817. The molecule has 1 aromatic carbocycles. The van der Waals surface area contributed by atoms with Gasteiger partial charge in [0.2, 0.25) is 5.91 Å². The fraction of sp³-hybridized carbons (Fsp3) is 0.300. The van der Waals surface area contributed by atoms with Gasteiger partial charge < -0.3 is 25.4 Å². The highest BCUT2D eigenvalue weighted by atomic mass is 35.5. The zero-order chi connectivity index (χ0) is 22.8. The zero-order valence-corrected chi connectivity index (χ0v) is 18.2. The Balaban J connectivity index is 1.34. The first-order valence-corrected chi connectivity index (χ1v) is 10.9. The maximum atomic E-state index is 12.4. The lowest BCUT2D eigenvalue weighted by Gasteiger charge is -2.19. The summed E-state index contributed by atoms with van der Waals surface area (Å²) in [4.78, 5) is 51.0. The molecule has 3 heterocycles. The molecule has 2 aliphatic rings. The fourth-order valence-corrected chi connectivity index (χ4v) is 4.56. The number of carbonyl (C=O) groups is 4. The van der Waals surface area contributed by atoms with E-state index in [-0.39, 0.29) is 24.9 Å². The number of hydrogen-bond acceptors (Lipinski definition) is 6. The van der Waals surface area contributed by atoms with Crippen LogP contribution in [0.5, 0.6) is 0 Å². The van der Waals surface area contributed by atoms with E-state index < -0.39 is 24.3 Å². The molecule has 0 bridgehead atoms. The van der Waals surface area contributed by atoms with E-state index in [1.807, 2.05) is 0 Å². The molecule has 4 amide bonds. The van der Waals surface area contributed by atoms with Crippen LogP contribution in [0.1, 0.15) is 16.1 Å². The van der Waals surface area contributed by atoms with Crippen molar-refractivity contribution in [3.63, 3.8) is 0 Å². The number of anilines is 2. The van der Waals surface area contributed by atoms with Gasteiger partial charge in [0, 0.05) is 17.9 Å². The molecule has 2 aromatic rings. The van der Waals surface area contributed by atoms with Crippen LogP contribution in [-0.4, -0.2) is 60.9 Å². The Bertz CT molecular complexity index is 1060. The van der Waals surface area contributed by atoms with E-state index in [4.69, 9.17) is 21.4 Å². The van der Waals surface area contributed by atoms with Gasteiger partial charge in [-0.2, -0.15) is 0 Å². The Kier molecular flexibility index (Phi) is 6.19. The third-order valence-electron chi connectivity index (χ3n) is 5.14. The van der Waals surface area contributed by atoms with Crippen LogP contribution in [0, 0.1) is 0 Å². The van der Waals surface area contributed by atoms with Crippen molar-refractivity contribution in [2.24, 2.45) is 0 Å². The van der Waals surface area contributed by atoms with Crippen LogP contribution in [0.2, 0.25) is 4.34 Å². The summed E-state index contributed by atoms with van der Waals surface area (Å²) < 4.78 is 5.85. The van der Waals surface area contributed by atoms with Gasteiger partial charge in [0.15, 0.2) is 0 Å². The average Bonchev–Trinajstić information content (AvgIpc) is 3.46. The first-order valence-electron chi connectivity index (χ1n) is 9.74. The highest BCUT2D eigenvalue weighted by Gasteiger charge is 2.35. The van der Waals surface area contributed by atoms with E-state index in [1.54, 1.807) is 36.4 Å². The van der Waals surface area contributed by atoms with Crippen LogP contribution >= 0.6 is 22.9 Å². The molecule has 2 saturated heterocycles. The molecular formula is C20H19ClN4O6S. The number of hydrogen-bond donors (Lipinski definition) is 3. The summed E-state index contributed by atoms with van der Waals surface area (Å²) in [7, 11) is 0.